The number of hydrogen-bond donors (Lipinski definition) is 4. The Labute approximate surface area is 182 Å². The molecule has 0 aliphatic carbocycles. The van der Waals surface area contributed by atoms with Gasteiger partial charge in [0.1, 0.15) is 23.5 Å². The van der Waals surface area contributed by atoms with Gasteiger partial charge in [0, 0.05) is 31.6 Å². The Morgan fingerprint density at radius 2 is 2.22 bits per heavy atom. The Kier molecular flexibility index (Phi) is 5.10. The number of carbonyl (C=O) groups excluding carboxylic acids is 1. The fourth-order valence-corrected chi connectivity index (χ4v) is 4.16. The second kappa shape index (κ2) is 8.08. The number of hydrogen-bond acceptors (Lipinski definition) is 8. The Bertz CT molecular complexity index is 1290. The molecule has 1 atom stereocenters. The third-order valence-electron chi connectivity index (χ3n) is 5.79. The maximum Gasteiger partial charge on any atom is 0.273 e. The molecule has 1 saturated heterocycles. The van der Waals surface area contributed by atoms with Gasteiger partial charge < -0.3 is 30.3 Å². The molecule has 0 radical (unpaired) electrons. The van der Waals surface area contributed by atoms with E-state index in [-0.39, 0.29) is 24.0 Å². The number of aromatic nitrogens is 4. The fourth-order valence-electron chi connectivity index (χ4n) is 4.16. The molecule has 0 saturated carbocycles. The molecule has 166 valence electrons. The van der Waals surface area contributed by atoms with Crippen molar-refractivity contribution in [3.8, 4) is 0 Å². The summed E-state index contributed by atoms with van der Waals surface area (Å²) < 4.78 is 19.2. The van der Waals surface area contributed by atoms with Gasteiger partial charge in [-0.05, 0) is 25.6 Å². The van der Waals surface area contributed by atoms with E-state index in [1.54, 1.807) is 7.05 Å². The van der Waals surface area contributed by atoms with Gasteiger partial charge in [-0.15, -0.1) is 0 Å². The number of benzene rings is 1. The van der Waals surface area contributed by atoms with E-state index in [1.165, 1.54) is 24.8 Å². The van der Waals surface area contributed by atoms with E-state index >= 15 is 0 Å². The van der Waals surface area contributed by atoms with Crippen LogP contribution in [0, 0.1) is 5.82 Å². The summed E-state index contributed by atoms with van der Waals surface area (Å²) in [5, 5.41) is 10.6. The van der Waals surface area contributed by atoms with Crippen molar-refractivity contribution in [2.45, 2.75) is 19.0 Å². The number of rotatable bonds is 6. The highest BCUT2D eigenvalue weighted by atomic mass is 19.1. The van der Waals surface area contributed by atoms with E-state index in [2.05, 4.69) is 35.8 Å². The SMILES string of the molecule is CNc1cc(F)cc2c1[nH]c1nc(CNC(=O)c3cocn3)nc(N3CCC(NC)C3)c12. The highest BCUT2D eigenvalue weighted by Gasteiger charge is 2.26. The predicted octanol–water partition coefficient (Wildman–Crippen LogP) is 2.01. The molecule has 1 aliphatic rings. The standard InChI is InChI=1S/C21H23FN8O2/c1-23-12-3-4-30(8-12)20-17-13-5-11(22)6-14(24-2)18(13)29-19(17)27-16(28-20)7-25-21(31)15-9-32-10-26-15/h5-6,9-10,12,23-24H,3-4,7-8H2,1-2H3,(H,25,31)(H,27,28,29). The van der Waals surface area contributed by atoms with Crippen LogP contribution in [0.2, 0.25) is 0 Å². The average Bonchev–Trinajstić information content (AvgIpc) is 3.56. The van der Waals surface area contributed by atoms with E-state index in [0.29, 0.717) is 28.6 Å². The number of nitrogens with zero attached hydrogens (tertiary/aromatic N) is 4. The summed E-state index contributed by atoms with van der Waals surface area (Å²) in [6.07, 6.45) is 3.45. The molecule has 1 fully saturated rings. The lowest BCUT2D eigenvalue weighted by atomic mass is 10.1. The Balaban J connectivity index is 1.60. The first kappa shape index (κ1) is 20.2. The number of halogens is 1. The molecular weight excluding hydrogens is 415 g/mol. The number of H-pyrrole nitrogens is 1. The average molecular weight is 438 g/mol. The molecule has 5 rings (SSSR count). The highest BCUT2D eigenvalue weighted by molar-refractivity contribution is 6.14. The number of anilines is 2. The quantitative estimate of drug-likeness (QED) is 0.360. The smallest absolute Gasteiger partial charge is 0.273 e. The number of likely N-dealkylation sites (N-methyl/N-ethyl adjacent to an activating group) is 1. The summed E-state index contributed by atoms with van der Waals surface area (Å²) in [7, 11) is 3.68. The molecule has 1 aromatic carbocycles. The van der Waals surface area contributed by atoms with Crippen LogP contribution < -0.4 is 20.9 Å². The van der Waals surface area contributed by atoms with E-state index in [1.807, 2.05) is 7.05 Å². The second-order valence-corrected chi connectivity index (χ2v) is 7.71. The van der Waals surface area contributed by atoms with E-state index in [4.69, 9.17) is 9.40 Å². The third-order valence-corrected chi connectivity index (χ3v) is 5.79. The molecule has 4 aromatic rings. The lowest BCUT2D eigenvalue weighted by molar-refractivity contribution is 0.0945. The fraction of sp³-hybridized carbons (Fsp3) is 0.333. The molecule has 0 spiro atoms. The van der Waals surface area contributed by atoms with E-state index < -0.39 is 0 Å². The van der Waals surface area contributed by atoms with Crippen molar-refractivity contribution >= 4 is 39.3 Å². The summed E-state index contributed by atoms with van der Waals surface area (Å²) in [6.45, 7) is 1.69. The normalized spacial score (nSPS) is 16.2. The Hall–Kier alpha value is -3.73. The van der Waals surface area contributed by atoms with Crippen LogP contribution in [0.1, 0.15) is 22.7 Å². The van der Waals surface area contributed by atoms with Gasteiger partial charge in [0.2, 0.25) is 0 Å². The first-order chi connectivity index (χ1) is 15.6. The number of fused-ring (bicyclic) bond motifs is 3. The van der Waals surface area contributed by atoms with Crippen molar-refractivity contribution in [1.29, 1.82) is 0 Å². The van der Waals surface area contributed by atoms with Crippen molar-refractivity contribution in [2.24, 2.45) is 0 Å². The molecular formula is C21H23FN8O2. The van der Waals surface area contributed by atoms with Gasteiger partial charge in [-0.3, -0.25) is 4.79 Å². The minimum atomic E-state index is -0.378. The van der Waals surface area contributed by atoms with Crippen LogP contribution >= 0.6 is 0 Å². The highest BCUT2D eigenvalue weighted by Crippen LogP contribution is 2.36. The van der Waals surface area contributed by atoms with E-state index in [9.17, 15) is 9.18 Å². The zero-order valence-corrected chi connectivity index (χ0v) is 17.7. The summed E-state index contributed by atoms with van der Waals surface area (Å²) in [6, 6.07) is 3.28. The summed E-state index contributed by atoms with van der Waals surface area (Å²) in [5.74, 6) is 0.441. The molecule has 4 N–H and O–H groups in total. The van der Waals surface area contributed by atoms with Gasteiger partial charge in [-0.2, -0.15) is 0 Å². The molecule has 4 heterocycles. The van der Waals surface area contributed by atoms with Crippen LogP contribution in [0.4, 0.5) is 15.9 Å². The number of aromatic amines is 1. The Morgan fingerprint density at radius 3 is 2.94 bits per heavy atom. The Morgan fingerprint density at radius 1 is 1.34 bits per heavy atom. The number of nitrogens with one attached hydrogen (secondary N) is 4. The maximum atomic E-state index is 14.4. The van der Waals surface area contributed by atoms with Crippen LogP contribution in [-0.4, -0.2) is 59.1 Å². The first-order valence-electron chi connectivity index (χ1n) is 10.4. The minimum absolute atomic E-state index is 0.112. The minimum Gasteiger partial charge on any atom is -0.451 e. The van der Waals surface area contributed by atoms with Crippen LogP contribution in [0.3, 0.4) is 0 Å². The lowest BCUT2D eigenvalue weighted by Crippen LogP contribution is -2.30. The van der Waals surface area contributed by atoms with Gasteiger partial charge in [0.15, 0.2) is 17.9 Å². The molecule has 32 heavy (non-hydrogen) atoms. The largest absolute Gasteiger partial charge is 0.451 e. The van der Waals surface area contributed by atoms with Gasteiger partial charge in [-0.1, -0.05) is 0 Å². The van der Waals surface area contributed by atoms with Gasteiger partial charge >= 0.3 is 0 Å². The van der Waals surface area contributed by atoms with Gasteiger partial charge in [0.25, 0.3) is 5.91 Å². The molecule has 0 bridgehead atoms. The van der Waals surface area contributed by atoms with Gasteiger partial charge in [0.05, 0.1) is 23.1 Å². The van der Waals surface area contributed by atoms with Crippen molar-refractivity contribution < 1.29 is 13.6 Å². The van der Waals surface area contributed by atoms with Crippen molar-refractivity contribution in [3.05, 3.63) is 42.1 Å². The lowest BCUT2D eigenvalue weighted by Gasteiger charge is -2.19. The second-order valence-electron chi connectivity index (χ2n) is 7.71. The molecule has 11 heteroatoms. The van der Waals surface area contributed by atoms with Crippen LogP contribution in [0.25, 0.3) is 21.9 Å². The monoisotopic (exact) mass is 438 g/mol. The zero-order chi connectivity index (χ0) is 22.2. The summed E-state index contributed by atoms with van der Waals surface area (Å²) in [4.78, 5) is 31.0. The molecule has 10 nitrogen and oxygen atoms in total. The molecule has 1 aliphatic heterocycles. The number of carbonyl (C=O) groups is 1. The molecule has 1 unspecified atom stereocenters. The van der Waals surface area contributed by atoms with Crippen molar-refractivity contribution in [1.82, 2.24) is 30.6 Å². The summed E-state index contributed by atoms with van der Waals surface area (Å²) >= 11 is 0. The first-order valence-corrected chi connectivity index (χ1v) is 10.4. The summed E-state index contributed by atoms with van der Waals surface area (Å²) in [5.41, 5.74) is 2.17. The van der Waals surface area contributed by atoms with Crippen molar-refractivity contribution in [3.63, 3.8) is 0 Å². The van der Waals surface area contributed by atoms with Gasteiger partial charge in [-0.25, -0.2) is 19.3 Å². The number of oxazole rings is 1. The van der Waals surface area contributed by atoms with E-state index in [0.717, 1.165) is 36.2 Å². The van der Waals surface area contributed by atoms with Crippen LogP contribution in [0.5, 0.6) is 0 Å². The third kappa shape index (κ3) is 3.50. The van der Waals surface area contributed by atoms with Crippen LogP contribution in [-0.2, 0) is 6.54 Å². The zero-order valence-electron chi connectivity index (χ0n) is 17.7. The maximum absolute atomic E-state index is 14.4. The van der Waals surface area contributed by atoms with Crippen molar-refractivity contribution in [2.75, 3.05) is 37.4 Å². The molecule has 1 amide bonds. The van der Waals surface area contributed by atoms with Crippen LogP contribution in [0.15, 0.2) is 29.2 Å². The predicted molar refractivity (Wildman–Crippen MR) is 118 cm³/mol. The molecule has 3 aromatic heterocycles. The number of amides is 1. The topological polar surface area (TPSA) is 124 Å².